The number of hydrogen-bond acceptors (Lipinski definition) is 1. The molecular formula is C12H13F3N2. The van der Waals surface area contributed by atoms with Gasteiger partial charge in [0.25, 0.3) is 0 Å². The zero-order valence-corrected chi connectivity index (χ0v) is 9.84. The van der Waals surface area contributed by atoms with Crippen molar-refractivity contribution in [1.82, 2.24) is 9.38 Å². The van der Waals surface area contributed by atoms with Crippen LogP contribution >= 0.6 is 0 Å². The minimum absolute atomic E-state index is 0.176. The summed E-state index contributed by atoms with van der Waals surface area (Å²) in [5.74, 6) is 0. The Labute approximate surface area is 97.1 Å². The highest BCUT2D eigenvalue weighted by Crippen LogP contribution is 2.30. The molecule has 0 spiro atoms. The van der Waals surface area contributed by atoms with Gasteiger partial charge < -0.3 is 4.40 Å². The topological polar surface area (TPSA) is 17.3 Å². The van der Waals surface area contributed by atoms with Gasteiger partial charge in [0.05, 0.1) is 11.3 Å². The van der Waals surface area contributed by atoms with E-state index in [2.05, 4.69) is 4.98 Å². The number of aromatic nitrogens is 2. The standard InChI is InChI=1S/C12H13F3N2/c1-11(2,3)9-7-17-6-8(12(13,14)15)4-5-10(17)16-9/h4-7H,1-3H3. The summed E-state index contributed by atoms with van der Waals surface area (Å²) >= 11 is 0. The van der Waals surface area contributed by atoms with Gasteiger partial charge in [-0.3, -0.25) is 0 Å². The van der Waals surface area contributed by atoms with Crippen LogP contribution in [0.2, 0.25) is 0 Å². The molecule has 92 valence electrons. The molecule has 2 heterocycles. The first-order chi connectivity index (χ1) is 7.68. The molecule has 2 aromatic heterocycles. The molecule has 0 unspecified atom stereocenters. The van der Waals surface area contributed by atoms with Crippen molar-refractivity contribution in [2.75, 3.05) is 0 Å². The minimum Gasteiger partial charge on any atom is -0.306 e. The minimum atomic E-state index is -4.32. The summed E-state index contributed by atoms with van der Waals surface area (Å²) in [5.41, 5.74) is 0.465. The lowest BCUT2D eigenvalue weighted by Crippen LogP contribution is -2.11. The number of alkyl halides is 3. The number of halogens is 3. The fraction of sp³-hybridized carbons (Fsp3) is 0.417. The quantitative estimate of drug-likeness (QED) is 0.689. The van der Waals surface area contributed by atoms with E-state index in [0.717, 1.165) is 18.0 Å². The van der Waals surface area contributed by atoms with E-state index in [1.54, 1.807) is 6.20 Å². The molecule has 0 N–H and O–H groups in total. The molecular weight excluding hydrogens is 229 g/mol. The van der Waals surface area contributed by atoms with E-state index in [1.807, 2.05) is 20.8 Å². The van der Waals surface area contributed by atoms with Crippen LogP contribution in [0.15, 0.2) is 24.5 Å². The zero-order chi connectivity index (χ0) is 12.8. The van der Waals surface area contributed by atoms with E-state index in [4.69, 9.17) is 0 Å². The van der Waals surface area contributed by atoms with E-state index in [-0.39, 0.29) is 5.41 Å². The highest BCUT2D eigenvalue weighted by atomic mass is 19.4. The largest absolute Gasteiger partial charge is 0.417 e. The van der Waals surface area contributed by atoms with Gasteiger partial charge in [0.15, 0.2) is 0 Å². The maximum absolute atomic E-state index is 12.5. The number of fused-ring (bicyclic) bond motifs is 1. The molecule has 0 aliphatic rings. The van der Waals surface area contributed by atoms with E-state index in [0.29, 0.717) is 5.65 Å². The monoisotopic (exact) mass is 242 g/mol. The second-order valence-electron chi connectivity index (χ2n) is 5.06. The van der Waals surface area contributed by atoms with Crippen LogP contribution in [0.3, 0.4) is 0 Å². The SMILES string of the molecule is CC(C)(C)c1cn2cc(C(F)(F)F)ccc2n1. The van der Waals surface area contributed by atoms with Crippen LogP contribution in [-0.4, -0.2) is 9.38 Å². The first-order valence-corrected chi connectivity index (χ1v) is 5.24. The number of pyridine rings is 1. The Morgan fingerprint density at radius 1 is 1.06 bits per heavy atom. The zero-order valence-electron chi connectivity index (χ0n) is 9.84. The van der Waals surface area contributed by atoms with Gasteiger partial charge in [0, 0.05) is 17.8 Å². The van der Waals surface area contributed by atoms with Crippen molar-refractivity contribution in [2.45, 2.75) is 32.4 Å². The molecule has 2 aromatic rings. The van der Waals surface area contributed by atoms with Gasteiger partial charge in [0.2, 0.25) is 0 Å². The highest BCUT2D eigenvalue weighted by Gasteiger charge is 2.31. The third kappa shape index (κ3) is 2.28. The summed E-state index contributed by atoms with van der Waals surface area (Å²) in [5, 5.41) is 0. The predicted molar refractivity (Wildman–Crippen MR) is 58.9 cm³/mol. The lowest BCUT2D eigenvalue weighted by molar-refractivity contribution is -0.137. The summed E-state index contributed by atoms with van der Waals surface area (Å²) in [6.07, 6.45) is -1.61. The number of nitrogens with zero attached hydrogens (tertiary/aromatic N) is 2. The van der Waals surface area contributed by atoms with E-state index in [1.165, 1.54) is 10.5 Å². The number of hydrogen-bond donors (Lipinski definition) is 0. The van der Waals surface area contributed by atoms with Crippen LogP contribution in [0, 0.1) is 0 Å². The van der Waals surface area contributed by atoms with Crippen molar-refractivity contribution in [2.24, 2.45) is 0 Å². The van der Waals surface area contributed by atoms with Crippen molar-refractivity contribution in [3.63, 3.8) is 0 Å². The maximum atomic E-state index is 12.5. The summed E-state index contributed by atoms with van der Waals surface area (Å²) in [4.78, 5) is 4.30. The molecule has 0 amide bonds. The van der Waals surface area contributed by atoms with Crippen molar-refractivity contribution >= 4 is 5.65 Å². The summed E-state index contributed by atoms with van der Waals surface area (Å²) in [6.45, 7) is 5.92. The van der Waals surface area contributed by atoms with Crippen LogP contribution in [0.1, 0.15) is 32.0 Å². The Morgan fingerprint density at radius 2 is 1.71 bits per heavy atom. The first kappa shape index (κ1) is 12.0. The van der Waals surface area contributed by atoms with Crippen molar-refractivity contribution in [3.05, 3.63) is 35.8 Å². The summed E-state index contributed by atoms with van der Waals surface area (Å²) in [6, 6.07) is 2.44. The van der Waals surface area contributed by atoms with Gasteiger partial charge in [-0.05, 0) is 12.1 Å². The Kier molecular flexibility index (Phi) is 2.45. The summed E-state index contributed by atoms with van der Waals surface area (Å²) < 4.78 is 39.0. The normalized spacial score (nSPS) is 13.3. The van der Waals surface area contributed by atoms with Crippen LogP contribution in [0.4, 0.5) is 13.2 Å². The van der Waals surface area contributed by atoms with E-state index >= 15 is 0 Å². The van der Waals surface area contributed by atoms with Crippen LogP contribution < -0.4 is 0 Å². The lowest BCUT2D eigenvalue weighted by Gasteiger charge is -2.13. The molecule has 0 saturated carbocycles. The third-order valence-corrected chi connectivity index (χ3v) is 2.55. The van der Waals surface area contributed by atoms with Gasteiger partial charge in [0.1, 0.15) is 5.65 Å². The molecule has 5 heteroatoms. The Morgan fingerprint density at radius 3 is 2.24 bits per heavy atom. The second kappa shape index (κ2) is 3.48. The average Bonchev–Trinajstić information content (AvgIpc) is 2.57. The fourth-order valence-corrected chi connectivity index (χ4v) is 1.52. The molecule has 17 heavy (non-hydrogen) atoms. The molecule has 2 rings (SSSR count). The third-order valence-electron chi connectivity index (χ3n) is 2.55. The van der Waals surface area contributed by atoms with Gasteiger partial charge in [-0.2, -0.15) is 13.2 Å². The Bertz CT molecular complexity index is 535. The van der Waals surface area contributed by atoms with Gasteiger partial charge >= 0.3 is 6.18 Å². The van der Waals surface area contributed by atoms with Crippen molar-refractivity contribution in [1.29, 1.82) is 0 Å². The molecule has 0 aliphatic carbocycles. The predicted octanol–water partition coefficient (Wildman–Crippen LogP) is 3.65. The molecule has 0 fully saturated rings. The number of imidazole rings is 1. The van der Waals surface area contributed by atoms with Gasteiger partial charge in [-0.1, -0.05) is 20.8 Å². The average molecular weight is 242 g/mol. The molecule has 2 nitrogen and oxygen atoms in total. The van der Waals surface area contributed by atoms with Crippen LogP contribution in [-0.2, 0) is 11.6 Å². The molecule has 0 saturated heterocycles. The van der Waals surface area contributed by atoms with E-state index in [9.17, 15) is 13.2 Å². The second-order valence-corrected chi connectivity index (χ2v) is 5.06. The fourth-order valence-electron chi connectivity index (χ4n) is 1.52. The first-order valence-electron chi connectivity index (χ1n) is 5.24. The lowest BCUT2D eigenvalue weighted by atomic mass is 9.93. The maximum Gasteiger partial charge on any atom is 0.417 e. The van der Waals surface area contributed by atoms with E-state index < -0.39 is 11.7 Å². The Hall–Kier alpha value is -1.52. The molecule has 0 radical (unpaired) electrons. The molecule has 0 aromatic carbocycles. The summed E-state index contributed by atoms with van der Waals surface area (Å²) in [7, 11) is 0. The smallest absolute Gasteiger partial charge is 0.306 e. The van der Waals surface area contributed by atoms with Crippen LogP contribution in [0.25, 0.3) is 5.65 Å². The van der Waals surface area contributed by atoms with Crippen molar-refractivity contribution < 1.29 is 13.2 Å². The number of rotatable bonds is 0. The van der Waals surface area contributed by atoms with Gasteiger partial charge in [-0.25, -0.2) is 4.98 Å². The van der Waals surface area contributed by atoms with Crippen molar-refractivity contribution in [3.8, 4) is 0 Å². The van der Waals surface area contributed by atoms with Gasteiger partial charge in [-0.15, -0.1) is 0 Å². The molecule has 0 bridgehead atoms. The van der Waals surface area contributed by atoms with Crippen LogP contribution in [0.5, 0.6) is 0 Å². The molecule has 0 aliphatic heterocycles. The highest BCUT2D eigenvalue weighted by molar-refractivity contribution is 5.43. The molecule has 0 atom stereocenters. The Balaban J connectivity index is 2.56.